The van der Waals surface area contributed by atoms with Gasteiger partial charge in [0, 0.05) is 6.04 Å². The van der Waals surface area contributed by atoms with E-state index in [1.165, 1.54) is 11.0 Å². The Morgan fingerprint density at radius 3 is 2.44 bits per heavy atom. The number of nitrogens with one attached hydrogen (secondary N) is 1. The Morgan fingerprint density at radius 1 is 1.16 bits per heavy atom. The molecule has 2 fully saturated rings. The highest BCUT2D eigenvalue weighted by Gasteiger charge is 2.36. The first-order chi connectivity index (χ1) is 15.3. The molecule has 2 aliphatic rings. The first-order valence-corrected chi connectivity index (χ1v) is 10.4. The molecule has 1 aromatic carbocycles. The van der Waals surface area contributed by atoms with Crippen molar-refractivity contribution >= 4 is 5.91 Å². The lowest BCUT2D eigenvalue weighted by atomic mass is 9.93. The zero-order valence-electron chi connectivity index (χ0n) is 17.4. The summed E-state index contributed by atoms with van der Waals surface area (Å²) in [5.74, 6) is 2.62. The molecule has 1 saturated heterocycles. The molecule has 9 heteroatoms. The van der Waals surface area contributed by atoms with Gasteiger partial charge in [0.2, 0.25) is 5.91 Å². The predicted molar refractivity (Wildman–Crippen MR) is 109 cm³/mol. The summed E-state index contributed by atoms with van der Waals surface area (Å²) in [6.45, 7) is 0.0942. The van der Waals surface area contributed by atoms with Gasteiger partial charge in [0.05, 0.1) is 42.0 Å². The summed E-state index contributed by atoms with van der Waals surface area (Å²) in [5.41, 5.74) is -1.44. The van der Waals surface area contributed by atoms with E-state index < -0.39 is 23.3 Å². The minimum absolute atomic E-state index is 0.0912. The van der Waals surface area contributed by atoms with E-state index in [4.69, 9.17) is 16.4 Å². The number of amides is 1. The predicted octanol–water partition coefficient (Wildman–Crippen LogP) is 3.37. The Labute approximate surface area is 184 Å². The van der Waals surface area contributed by atoms with Crippen LogP contribution in [0.3, 0.4) is 0 Å². The fourth-order valence-corrected chi connectivity index (χ4v) is 4.29. The van der Waals surface area contributed by atoms with E-state index in [-0.39, 0.29) is 36.4 Å². The highest BCUT2D eigenvalue weighted by atomic mass is 19.4. The third-order valence-corrected chi connectivity index (χ3v) is 5.95. The van der Waals surface area contributed by atoms with E-state index in [1.807, 2.05) is 0 Å². The van der Waals surface area contributed by atoms with Gasteiger partial charge in [0.25, 0.3) is 0 Å². The molecule has 0 aromatic heterocycles. The van der Waals surface area contributed by atoms with E-state index in [9.17, 15) is 23.2 Å². The number of benzene rings is 1. The molecule has 1 amide bonds. The zero-order valence-corrected chi connectivity index (χ0v) is 17.4. The van der Waals surface area contributed by atoms with E-state index >= 15 is 0 Å². The summed E-state index contributed by atoms with van der Waals surface area (Å²) in [5, 5.41) is 21.5. The molecule has 32 heavy (non-hydrogen) atoms. The van der Waals surface area contributed by atoms with Crippen LogP contribution in [-0.2, 0) is 11.0 Å². The molecular formula is C23H23F3N4O2. The molecule has 6 nitrogen and oxygen atoms in total. The van der Waals surface area contributed by atoms with Gasteiger partial charge < -0.3 is 15.0 Å². The number of halogens is 3. The Bertz CT molecular complexity index is 943. The van der Waals surface area contributed by atoms with Crippen LogP contribution in [0.15, 0.2) is 18.2 Å². The maximum Gasteiger partial charge on any atom is 0.417 e. The van der Waals surface area contributed by atoms with Crippen molar-refractivity contribution in [2.75, 3.05) is 6.54 Å². The van der Waals surface area contributed by atoms with Crippen molar-refractivity contribution in [2.24, 2.45) is 0 Å². The lowest BCUT2D eigenvalue weighted by Gasteiger charge is -2.31. The zero-order chi connectivity index (χ0) is 23.3. The van der Waals surface area contributed by atoms with Crippen LogP contribution in [0.25, 0.3) is 0 Å². The number of carbonyl (C=O) groups is 1. The van der Waals surface area contributed by atoms with Crippen LogP contribution in [0.2, 0.25) is 0 Å². The number of likely N-dealkylation sites (tertiary alicyclic amines) is 1. The number of carbonyl (C=O) groups excluding carboxylic acids is 1. The second kappa shape index (κ2) is 9.94. The lowest BCUT2D eigenvalue weighted by molar-refractivity contribution is -0.137. The van der Waals surface area contributed by atoms with E-state index in [1.54, 1.807) is 6.07 Å². The fraction of sp³-hybridized carbons (Fsp3) is 0.522. The van der Waals surface area contributed by atoms with Gasteiger partial charge in [-0.2, -0.15) is 23.7 Å². The van der Waals surface area contributed by atoms with Crippen molar-refractivity contribution < 1.29 is 22.7 Å². The molecule has 168 valence electrons. The fourth-order valence-electron chi connectivity index (χ4n) is 4.29. The van der Waals surface area contributed by atoms with Gasteiger partial charge in [0.1, 0.15) is 11.8 Å². The van der Waals surface area contributed by atoms with Crippen LogP contribution < -0.4 is 10.1 Å². The Morgan fingerprint density at radius 2 is 1.84 bits per heavy atom. The van der Waals surface area contributed by atoms with E-state index in [0.717, 1.165) is 25.0 Å². The van der Waals surface area contributed by atoms with Gasteiger partial charge in [-0.3, -0.25) is 4.79 Å². The molecule has 1 aliphatic carbocycles. The molecule has 2 atom stereocenters. The third-order valence-electron chi connectivity index (χ3n) is 5.95. The van der Waals surface area contributed by atoms with Crippen molar-refractivity contribution in [3.8, 4) is 30.2 Å². The summed E-state index contributed by atoms with van der Waals surface area (Å²) < 4.78 is 44.6. The third kappa shape index (κ3) is 5.33. The van der Waals surface area contributed by atoms with Crippen molar-refractivity contribution in [1.82, 2.24) is 10.2 Å². The van der Waals surface area contributed by atoms with Gasteiger partial charge in [0.15, 0.2) is 0 Å². The van der Waals surface area contributed by atoms with Crippen LogP contribution in [0.1, 0.15) is 49.7 Å². The highest BCUT2D eigenvalue weighted by Crippen LogP contribution is 2.34. The number of ether oxygens (including phenoxy) is 1. The van der Waals surface area contributed by atoms with Crippen LogP contribution in [0.4, 0.5) is 13.2 Å². The number of alkyl halides is 3. The average Bonchev–Trinajstić information content (AvgIpc) is 3.21. The van der Waals surface area contributed by atoms with Crippen LogP contribution in [0, 0.1) is 35.0 Å². The molecule has 0 unspecified atom stereocenters. The van der Waals surface area contributed by atoms with Crippen LogP contribution >= 0.6 is 0 Å². The number of nitriles is 2. The highest BCUT2D eigenvalue weighted by molar-refractivity contribution is 5.80. The lowest BCUT2D eigenvalue weighted by Crippen LogP contribution is -2.47. The number of terminal acetylenes is 1. The summed E-state index contributed by atoms with van der Waals surface area (Å²) in [6.07, 6.45) is 4.69. The Hall–Kier alpha value is -3.22. The van der Waals surface area contributed by atoms with E-state index in [2.05, 4.69) is 17.3 Å². The molecular weight excluding hydrogens is 421 g/mol. The van der Waals surface area contributed by atoms with Gasteiger partial charge >= 0.3 is 6.18 Å². The Balaban J connectivity index is 1.49. The monoisotopic (exact) mass is 444 g/mol. The van der Waals surface area contributed by atoms with Gasteiger partial charge in [-0.25, -0.2) is 0 Å². The molecule has 1 heterocycles. The number of hydrogen-bond donors (Lipinski definition) is 1. The maximum atomic E-state index is 12.9. The Kier molecular flexibility index (Phi) is 7.28. The van der Waals surface area contributed by atoms with Crippen molar-refractivity contribution in [2.45, 2.75) is 68.9 Å². The molecule has 0 bridgehead atoms. The quantitative estimate of drug-likeness (QED) is 0.704. The minimum Gasteiger partial charge on any atom is -0.490 e. The molecule has 1 aromatic rings. The van der Waals surface area contributed by atoms with E-state index in [0.29, 0.717) is 25.7 Å². The number of hydrogen-bond acceptors (Lipinski definition) is 5. The molecule has 1 saturated carbocycles. The number of nitrogens with zero attached hydrogens (tertiary/aromatic N) is 3. The summed E-state index contributed by atoms with van der Waals surface area (Å²) in [7, 11) is 0. The SMILES string of the molecule is C#C[C@H]1CC[C@@H](C#N)N1C(=O)CNC1CCC(Oc2ccc(C(F)(F)F)c(C#N)c2)CC1. The van der Waals surface area contributed by atoms with Crippen LogP contribution in [-0.4, -0.2) is 41.6 Å². The summed E-state index contributed by atoms with van der Waals surface area (Å²) >= 11 is 0. The molecule has 1 N–H and O–H groups in total. The molecule has 0 spiro atoms. The first-order valence-electron chi connectivity index (χ1n) is 10.4. The first kappa shape index (κ1) is 23.4. The minimum atomic E-state index is -4.59. The van der Waals surface area contributed by atoms with Crippen molar-refractivity contribution in [1.29, 1.82) is 10.5 Å². The second-order valence-electron chi connectivity index (χ2n) is 8.00. The molecule has 0 radical (unpaired) electrons. The topological polar surface area (TPSA) is 89.2 Å². The number of rotatable bonds is 5. The van der Waals surface area contributed by atoms with Gasteiger partial charge in [-0.1, -0.05) is 5.92 Å². The molecule has 1 aliphatic heterocycles. The largest absolute Gasteiger partial charge is 0.490 e. The summed E-state index contributed by atoms with van der Waals surface area (Å²) in [6, 6.07) is 6.17. The standard InChI is InChI=1S/C23H23F3N4O2/c1-2-17-5-6-18(13-28)30(17)22(31)14-29-16-3-7-19(8-4-16)32-20-9-10-21(23(24,25)26)15(11-20)12-27/h1,9-11,16-19,29H,3-8,14H2/t16?,17-,18-,19?/m0/s1. The summed E-state index contributed by atoms with van der Waals surface area (Å²) in [4.78, 5) is 14.1. The molecule has 3 rings (SSSR count). The van der Waals surface area contributed by atoms with Gasteiger partial charge in [-0.15, -0.1) is 6.42 Å². The second-order valence-corrected chi connectivity index (χ2v) is 8.00. The maximum absolute atomic E-state index is 12.9. The van der Waals surface area contributed by atoms with Crippen molar-refractivity contribution in [3.63, 3.8) is 0 Å². The average molecular weight is 444 g/mol. The van der Waals surface area contributed by atoms with Crippen molar-refractivity contribution in [3.05, 3.63) is 29.3 Å². The normalized spacial score (nSPS) is 25.4. The van der Waals surface area contributed by atoms with Gasteiger partial charge in [-0.05, 0) is 56.7 Å². The van der Waals surface area contributed by atoms with Crippen LogP contribution in [0.5, 0.6) is 5.75 Å². The smallest absolute Gasteiger partial charge is 0.417 e.